The molecule has 23 heavy (non-hydrogen) atoms. The molecule has 2 N–H and O–H groups in total. The number of anilines is 1. The number of benzene rings is 1. The normalized spacial score (nSPS) is 10.3. The molecule has 0 atom stereocenters. The highest BCUT2D eigenvalue weighted by Crippen LogP contribution is 2.21. The lowest BCUT2D eigenvalue weighted by Gasteiger charge is -2.09. The minimum absolute atomic E-state index is 0.361. The topological polar surface area (TPSA) is 72.2 Å². The predicted molar refractivity (Wildman–Crippen MR) is 93.7 cm³/mol. The fourth-order valence-corrected chi connectivity index (χ4v) is 2.68. The molecular formula is C15H14N4O2S2. The Hall–Kier alpha value is -2.45. The molecule has 0 fully saturated rings. The molecule has 0 aliphatic heterocycles. The van der Waals surface area contributed by atoms with E-state index in [-0.39, 0.29) is 0 Å². The van der Waals surface area contributed by atoms with Crippen LogP contribution in [0, 0.1) is 0 Å². The van der Waals surface area contributed by atoms with Gasteiger partial charge in [0.1, 0.15) is 5.75 Å². The number of thiophene rings is 1. The molecule has 0 saturated carbocycles. The van der Waals surface area contributed by atoms with Gasteiger partial charge < -0.3 is 19.9 Å². The van der Waals surface area contributed by atoms with E-state index in [9.17, 15) is 0 Å². The second kappa shape index (κ2) is 7.21. The molecular weight excluding hydrogens is 332 g/mol. The number of thiocarbonyl (C=S) groups is 1. The number of methoxy groups -OCH3 is 1. The molecule has 2 heterocycles. The molecule has 6 nitrogen and oxygen atoms in total. The average molecular weight is 346 g/mol. The molecule has 0 amide bonds. The standard InChI is InChI=1S/C15H14N4O2S2/c1-20-11-6-4-10(5-7-11)17-15(22)16-9-13-18-14(19-21-13)12-3-2-8-23-12/h2-8H,9H2,1H3,(H2,16,17,22). The summed E-state index contributed by atoms with van der Waals surface area (Å²) in [6, 6.07) is 11.4. The lowest BCUT2D eigenvalue weighted by atomic mass is 10.3. The van der Waals surface area contributed by atoms with Gasteiger partial charge in [0.15, 0.2) is 5.11 Å². The van der Waals surface area contributed by atoms with Gasteiger partial charge in [-0.3, -0.25) is 0 Å². The molecule has 0 aliphatic rings. The van der Waals surface area contributed by atoms with E-state index in [1.807, 2.05) is 41.8 Å². The molecule has 0 spiro atoms. The van der Waals surface area contributed by atoms with Crippen molar-refractivity contribution in [3.63, 3.8) is 0 Å². The van der Waals surface area contributed by atoms with Crippen LogP contribution in [0.2, 0.25) is 0 Å². The van der Waals surface area contributed by atoms with Gasteiger partial charge in [0.05, 0.1) is 18.5 Å². The third-order valence-corrected chi connectivity index (χ3v) is 4.07. The summed E-state index contributed by atoms with van der Waals surface area (Å²) in [5.41, 5.74) is 0.869. The highest BCUT2D eigenvalue weighted by molar-refractivity contribution is 7.80. The molecule has 2 aromatic heterocycles. The maximum Gasteiger partial charge on any atom is 0.246 e. The van der Waals surface area contributed by atoms with E-state index in [1.54, 1.807) is 18.4 Å². The number of hydrogen-bond donors (Lipinski definition) is 2. The van der Waals surface area contributed by atoms with Crippen molar-refractivity contribution in [2.75, 3.05) is 12.4 Å². The first-order valence-corrected chi connectivity index (χ1v) is 8.09. The third kappa shape index (κ3) is 4.05. The van der Waals surface area contributed by atoms with Gasteiger partial charge in [0, 0.05) is 5.69 Å². The summed E-state index contributed by atoms with van der Waals surface area (Å²) in [4.78, 5) is 5.29. The summed E-state index contributed by atoms with van der Waals surface area (Å²) in [5, 5.41) is 12.5. The van der Waals surface area contributed by atoms with Crippen LogP contribution in [-0.4, -0.2) is 22.4 Å². The first-order valence-electron chi connectivity index (χ1n) is 6.80. The zero-order valence-electron chi connectivity index (χ0n) is 12.3. The number of nitrogens with one attached hydrogen (secondary N) is 2. The van der Waals surface area contributed by atoms with Gasteiger partial charge in [-0.05, 0) is 47.9 Å². The Morgan fingerprint density at radius 3 is 2.83 bits per heavy atom. The molecule has 0 unspecified atom stereocenters. The first kappa shape index (κ1) is 15.4. The Morgan fingerprint density at radius 1 is 1.30 bits per heavy atom. The van der Waals surface area contributed by atoms with Crippen LogP contribution in [0.25, 0.3) is 10.7 Å². The van der Waals surface area contributed by atoms with E-state index in [0.29, 0.717) is 23.4 Å². The van der Waals surface area contributed by atoms with E-state index in [4.69, 9.17) is 21.5 Å². The molecule has 0 saturated heterocycles. The number of rotatable bonds is 5. The van der Waals surface area contributed by atoms with E-state index < -0.39 is 0 Å². The summed E-state index contributed by atoms with van der Waals surface area (Å²) in [6.45, 7) is 0.361. The largest absolute Gasteiger partial charge is 0.497 e. The average Bonchev–Trinajstić information content (AvgIpc) is 3.25. The van der Waals surface area contributed by atoms with Crippen LogP contribution in [0.15, 0.2) is 46.3 Å². The lowest BCUT2D eigenvalue weighted by Crippen LogP contribution is -2.27. The van der Waals surface area contributed by atoms with E-state index >= 15 is 0 Å². The molecule has 1 aromatic carbocycles. The number of nitrogens with zero attached hydrogens (tertiary/aromatic N) is 2. The van der Waals surface area contributed by atoms with E-state index in [2.05, 4.69) is 20.8 Å². The third-order valence-electron chi connectivity index (χ3n) is 2.96. The lowest BCUT2D eigenvalue weighted by molar-refractivity contribution is 0.376. The van der Waals surface area contributed by atoms with Crippen molar-refractivity contribution >= 4 is 34.4 Å². The SMILES string of the molecule is COc1ccc(NC(=S)NCc2nc(-c3cccs3)no2)cc1. The highest BCUT2D eigenvalue weighted by Gasteiger charge is 2.09. The number of ether oxygens (including phenoxy) is 1. The number of hydrogen-bond acceptors (Lipinski definition) is 6. The van der Waals surface area contributed by atoms with Crippen LogP contribution in [0.1, 0.15) is 5.89 Å². The zero-order valence-corrected chi connectivity index (χ0v) is 13.9. The van der Waals surface area contributed by atoms with Crippen molar-refractivity contribution in [1.82, 2.24) is 15.5 Å². The van der Waals surface area contributed by atoms with Gasteiger partial charge in [0.25, 0.3) is 0 Å². The van der Waals surface area contributed by atoms with Crippen molar-refractivity contribution in [3.05, 3.63) is 47.7 Å². The Kier molecular flexibility index (Phi) is 4.84. The predicted octanol–water partition coefficient (Wildman–Crippen LogP) is 3.29. The maximum absolute atomic E-state index is 5.24. The van der Waals surface area contributed by atoms with Crippen LogP contribution in [-0.2, 0) is 6.54 Å². The van der Waals surface area contributed by atoms with Crippen molar-refractivity contribution in [2.45, 2.75) is 6.54 Å². The van der Waals surface area contributed by atoms with Gasteiger partial charge in [-0.1, -0.05) is 11.2 Å². The molecule has 3 rings (SSSR count). The van der Waals surface area contributed by atoms with Crippen molar-refractivity contribution in [3.8, 4) is 16.5 Å². The Balaban J connectivity index is 1.52. The van der Waals surface area contributed by atoms with E-state index in [1.165, 1.54) is 0 Å². The summed E-state index contributed by atoms with van der Waals surface area (Å²) in [5.74, 6) is 1.86. The monoisotopic (exact) mass is 346 g/mol. The second-order valence-corrected chi connectivity index (χ2v) is 5.88. The summed E-state index contributed by atoms with van der Waals surface area (Å²) in [6.07, 6.45) is 0. The smallest absolute Gasteiger partial charge is 0.246 e. The second-order valence-electron chi connectivity index (χ2n) is 4.53. The van der Waals surface area contributed by atoms with Gasteiger partial charge >= 0.3 is 0 Å². The molecule has 118 valence electrons. The first-order chi connectivity index (χ1) is 11.2. The summed E-state index contributed by atoms with van der Waals surface area (Å²) < 4.78 is 10.3. The fourth-order valence-electron chi connectivity index (χ4n) is 1.84. The maximum atomic E-state index is 5.24. The minimum atomic E-state index is 0.361. The van der Waals surface area contributed by atoms with Gasteiger partial charge in [-0.15, -0.1) is 11.3 Å². The van der Waals surface area contributed by atoms with Crippen LogP contribution < -0.4 is 15.4 Å². The number of aromatic nitrogens is 2. The molecule has 3 aromatic rings. The van der Waals surface area contributed by atoms with Crippen molar-refractivity contribution < 1.29 is 9.26 Å². The highest BCUT2D eigenvalue weighted by atomic mass is 32.1. The molecule has 0 aliphatic carbocycles. The van der Waals surface area contributed by atoms with Gasteiger partial charge in [-0.2, -0.15) is 4.98 Å². The fraction of sp³-hybridized carbons (Fsp3) is 0.133. The minimum Gasteiger partial charge on any atom is -0.497 e. The van der Waals surface area contributed by atoms with Crippen LogP contribution in [0.5, 0.6) is 5.75 Å². The van der Waals surface area contributed by atoms with Crippen LogP contribution in [0.4, 0.5) is 5.69 Å². The quantitative estimate of drug-likeness (QED) is 0.687. The zero-order chi connectivity index (χ0) is 16.1. The van der Waals surface area contributed by atoms with Gasteiger partial charge in [-0.25, -0.2) is 0 Å². The van der Waals surface area contributed by atoms with Crippen molar-refractivity contribution in [1.29, 1.82) is 0 Å². The Morgan fingerprint density at radius 2 is 2.13 bits per heavy atom. The molecule has 0 bridgehead atoms. The summed E-state index contributed by atoms with van der Waals surface area (Å²) in [7, 11) is 1.63. The Bertz CT molecular complexity index is 769. The summed E-state index contributed by atoms with van der Waals surface area (Å²) >= 11 is 6.81. The molecule has 8 heteroatoms. The van der Waals surface area contributed by atoms with Crippen LogP contribution in [0.3, 0.4) is 0 Å². The Labute approximate surface area is 142 Å². The van der Waals surface area contributed by atoms with Crippen molar-refractivity contribution in [2.24, 2.45) is 0 Å². The molecule has 0 radical (unpaired) electrons. The van der Waals surface area contributed by atoms with Crippen LogP contribution >= 0.6 is 23.6 Å². The van der Waals surface area contributed by atoms with Gasteiger partial charge in [0.2, 0.25) is 11.7 Å². The van der Waals surface area contributed by atoms with E-state index in [0.717, 1.165) is 16.3 Å².